The van der Waals surface area contributed by atoms with E-state index < -0.39 is 29.9 Å². The third-order valence-corrected chi connectivity index (χ3v) is 4.83. The molecule has 1 saturated heterocycles. The van der Waals surface area contributed by atoms with Crippen LogP contribution in [0.2, 0.25) is 0 Å². The number of ether oxygens (including phenoxy) is 1. The summed E-state index contributed by atoms with van der Waals surface area (Å²) in [4.78, 5) is 55.8. The van der Waals surface area contributed by atoms with Crippen LogP contribution in [0.5, 0.6) is 0 Å². The summed E-state index contributed by atoms with van der Waals surface area (Å²) in [7, 11) is 1.30. The highest BCUT2D eigenvalue weighted by molar-refractivity contribution is 6.33. The smallest absolute Gasteiger partial charge is 0.328 e. The van der Waals surface area contributed by atoms with Gasteiger partial charge in [-0.25, -0.2) is 4.79 Å². The van der Waals surface area contributed by atoms with Gasteiger partial charge >= 0.3 is 17.8 Å². The maximum absolute atomic E-state index is 12.7. The molecule has 1 fully saturated rings. The van der Waals surface area contributed by atoms with E-state index in [1.807, 2.05) is 27.7 Å². The largest absolute Gasteiger partial charge is 0.467 e. The highest BCUT2D eigenvalue weighted by Gasteiger charge is 2.33. The topological polar surface area (TPSA) is 183 Å². The fraction of sp³-hybridized carbons (Fsp3) is 0.737. The number of rotatable bonds is 8. The first-order valence-electron chi connectivity index (χ1n) is 9.97. The van der Waals surface area contributed by atoms with Gasteiger partial charge in [0, 0.05) is 0 Å². The number of carbonyl (C=O) groups is 5. The fourth-order valence-electron chi connectivity index (χ4n) is 2.73. The molecule has 1 aliphatic heterocycles. The molecule has 0 aromatic carbocycles. The Morgan fingerprint density at radius 2 is 1.60 bits per heavy atom. The van der Waals surface area contributed by atoms with E-state index in [0.717, 1.165) is 25.8 Å². The molecule has 0 aliphatic carbocycles. The van der Waals surface area contributed by atoms with Crippen LogP contribution in [-0.2, 0) is 28.7 Å². The molecule has 1 rings (SSSR count). The lowest BCUT2D eigenvalue weighted by Crippen LogP contribution is -2.57. The van der Waals surface area contributed by atoms with Gasteiger partial charge in [0.15, 0.2) is 0 Å². The lowest BCUT2D eigenvalue weighted by molar-refractivity contribution is -0.147. The average molecular weight is 430 g/mol. The van der Waals surface area contributed by atoms with E-state index in [-0.39, 0.29) is 29.7 Å². The number of methoxy groups -OCH3 is 1. The van der Waals surface area contributed by atoms with Gasteiger partial charge < -0.3 is 32.2 Å². The van der Waals surface area contributed by atoms with Crippen molar-refractivity contribution < 1.29 is 28.7 Å². The van der Waals surface area contributed by atoms with E-state index in [0.29, 0.717) is 0 Å². The van der Waals surface area contributed by atoms with Crippen LogP contribution in [0.1, 0.15) is 47.0 Å². The van der Waals surface area contributed by atoms with Crippen LogP contribution in [0.15, 0.2) is 0 Å². The zero-order valence-electron chi connectivity index (χ0n) is 18.3. The van der Waals surface area contributed by atoms with Gasteiger partial charge in [0.25, 0.3) is 0 Å². The Hall–Kier alpha value is -2.69. The first-order valence-corrected chi connectivity index (χ1v) is 9.97. The van der Waals surface area contributed by atoms with Crippen molar-refractivity contribution in [2.24, 2.45) is 23.3 Å². The number of nitrogens with two attached hydrogens (primary N) is 2. The quantitative estimate of drug-likeness (QED) is 0.231. The molecule has 4 unspecified atom stereocenters. The van der Waals surface area contributed by atoms with Gasteiger partial charge in [0.05, 0.1) is 13.2 Å². The summed E-state index contributed by atoms with van der Waals surface area (Å²) in [5.41, 5.74) is 8.64. The van der Waals surface area contributed by atoms with Crippen LogP contribution >= 0.6 is 0 Å². The van der Waals surface area contributed by atoms with Crippen molar-refractivity contribution in [3.05, 3.63) is 0 Å². The second-order valence-electron chi connectivity index (χ2n) is 7.50. The van der Waals surface area contributed by atoms with Crippen LogP contribution in [0.25, 0.3) is 0 Å². The molecule has 11 heteroatoms. The SMILES string of the molecule is CCC(C)C(NC(=O)C1CCCN1)C(=O)NC(C(=O)OC)C(C)C.NC(=O)C(N)=O. The summed E-state index contributed by atoms with van der Waals surface area (Å²) >= 11 is 0. The lowest BCUT2D eigenvalue weighted by Gasteiger charge is -2.28. The second-order valence-corrected chi connectivity index (χ2v) is 7.50. The van der Waals surface area contributed by atoms with Gasteiger partial charge in [-0.3, -0.25) is 19.2 Å². The minimum absolute atomic E-state index is 0.0409. The molecule has 172 valence electrons. The molecule has 0 radical (unpaired) electrons. The zero-order chi connectivity index (χ0) is 23.4. The summed E-state index contributed by atoms with van der Waals surface area (Å²) in [6.07, 6.45) is 2.47. The van der Waals surface area contributed by atoms with Crippen molar-refractivity contribution in [3.8, 4) is 0 Å². The number of hydrogen-bond donors (Lipinski definition) is 5. The van der Waals surface area contributed by atoms with Gasteiger partial charge in [-0.05, 0) is 31.2 Å². The molecule has 0 bridgehead atoms. The van der Waals surface area contributed by atoms with Crippen molar-refractivity contribution in [1.29, 1.82) is 0 Å². The predicted molar refractivity (Wildman–Crippen MR) is 110 cm³/mol. The minimum atomic E-state index is -1.10. The molecule has 30 heavy (non-hydrogen) atoms. The van der Waals surface area contributed by atoms with Crippen molar-refractivity contribution in [2.75, 3.05) is 13.7 Å². The lowest BCUT2D eigenvalue weighted by atomic mass is 9.96. The van der Waals surface area contributed by atoms with Crippen molar-refractivity contribution >= 4 is 29.6 Å². The van der Waals surface area contributed by atoms with Crippen molar-refractivity contribution in [1.82, 2.24) is 16.0 Å². The summed E-state index contributed by atoms with van der Waals surface area (Å²) in [5.74, 6) is -3.34. The summed E-state index contributed by atoms with van der Waals surface area (Å²) in [5, 5.41) is 8.70. The van der Waals surface area contributed by atoms with E-state index in [1.165, 1.54) is 7.11 Å². The van der Waals surface area contributed by atoms with Crippen LogP contribution in [0.4, 0.5) is 0 Å². The molecule has 0 aromatic heterocycles. The molecule has 0 saturated carbocycles. The Kier molecular flexibility index (Phi) is 12.3. The fourth-order valence-corrected chi connectivity index (χ4v) is 2.73. The molecular formula is C19H35N5O6. The third-order valence-electron chi connectivity index (χ3n) is 4.83. The number of nitrogens with one attached hydrogen (secondary N) is 3. The summed E-state index contributed by atoms with van der Waals surface area (Å²) in [6, 6.07) is -1.64. The van der Waals surface area contributed by atoms with Gasteiger partial charge in [-0.1, -0.05) is 34.1 Å². The highest BCUT2D eigenvalue weighted by Crippen LogP contribution is 2.12. The monoisotopic (exact) mass is 429 g/mol. The predicted octanol–water partition coefficient (Wildman–Crippen LogP) is -1.46. The molecule has 0 aromatic rings. The number of amides is 4. The maximum Gasteiger partial charge on any atom is 0.328 e. The number of carbonyl (C=O) groups excluding carboxylic acids is 5. The molecule has 1 heterocycles. The minimum Gasteiger partial charge on any atom is -0.467 e. The van der Waals surface area contributed by atoms with Crippen LogP contribution < -0.4 is 27.4 Å². The molecular weight excluding hydrogens is 394 g/mol. The average Bonchev–Trinajstić information content (AvgIpc) is 3.23. The Labute approximate surface area is 177 Å². The summed E-state index contributed by atoms with van der Waals surface area (Å²) in [6.45, 7) is 8.36. The normalized spacial score (nSPS) is 18.3. The zero-order valence-corrected chi connectivity index (χ0v) is 18.3. The van der Waals surface area contributed by atoms with Crippen LogP contribution in [-0.4, -0.2) is 61.4 Å². The standard InChI is InChI=1S/C17H31N3O4.C2H4N2O2/c1-6-11(4)14(20-15(21)12-8-7-9-18-12)16(22)19-13(10(2)3)17(23)24-5;3-1(5)2(4)6/h10-14,18H,6-9H2,1-5H3,(H,19,22)(H,20,21);(H2,3,5)(H2,4,6). The second kappa shape index (κ2) is 13.5. The first kappa shape index (κ1) is 27.3. The molecule has 0 spiro atoms. The Balaban J connectivity index is 0.00000122. The molecule has 11 nitrogen and oxygen atoms in total. The number of esters is 1. The van der Waals surface area contributed by atoms with E-state index >= 15 is 0 Å². The molecule has 4 atom stereocenters. The van der Waals surface area contributed by atoms with Crippen molar-refractivity contribution in [3.63, 3.8) is 0 Å². The van der Waals surface area contributed by atoms with E-state index in [1.54, 1.807) is 0 Å². The van der Waals surface area contributed by atoms with Crippen LogP contribution in [0.3, 0.4) is 0 Å². The van der Waals surface area contributed by atoms with Gasteiger partial charge in [0.2, 0.25) is 11.8 Å². The molecule has 4 amide bonds. The van der Waals surface area contributed by atoms with E-state index in [9.17, 15) is 24.0 Å². The number of primary amides is 2. The highest BCUT2D eigenvalue weighted by atomic mass is 16.5. The van der Waals surface area contributed by atoms with Gasteiger partial charge in [-0.2, -0.15) is 0 Å². The molecule has 1 aliphatic rings. The van der Waals surface area contributed by atoms with Gasteiger partial charge in [0.1, 0.15) is 12.1 Å². The Morgan fingerprint density at radius 3 is 1.97 bits per heavy atom. The first-order chi connectivity index (χ1) is 14.0. The van der Waals surface area contributed by atoms with Crippen molar-refractivity contribution in [2.45, 2.75) is 65.1 Å². The summed E-state index contributed by atoms with van der Waals surface area (Å²) < 4.78 is 4.75. The molecule has 7 N–H and O–H groups in total. The Morgan fingerprint density at radius 1 is 1.03 bits per heavy atom. The van der Waals surface area contributed by atoms with Crippen LogP contribution in [0, 0.1) is 11.8 Å². The van der Waals surface area contributed by atoms with E-state index in [2.05, 4.69) is 27.4 Å². The Bertz CT molecular complexity index is 607. The maximum atomic E-state index is 12.7. The van der Waals surface area contributed by atoms with E-state index in [4.69, 9.17) is 4.74 Å². The number of hydrogen-bond acceptors (Lipinski definition) is 7. The van der Waals surface area contributed by atoms with Gasteiger partial charge in [-0.15, -0.1) is 0 Å². The third kappa shape index (κ3) is 9.21.